The number of nitrogens with zero attached hydrogens (tertiary/aromatic N) is 3. The molecule has 2 N–H and O–H groups in total. The van der Waals surface area contributed by atoms with Crippen LogP contribution in [0.4, 0.5) is 0 Å². The fraction of sp³-hybridized carbons (Fsp3) is 0.600. The summed E-state index contributed by atoms with van der Waals surface area (Å²) in [5.74, 6) is 0.834. The Kier molecular flexibility index (Phi) is 6.90. The first-order valence-electron chi connectivity index (χ1n) is 11.8. The molecule has 32 heavy (non-hydrogen) atoms. The number of pyridine rings is 1. The summed E-state index contributed by atoms with van der Waals surface area (Å²) in [6, 6.07) is 6.44. The summed E-state index contributed by atoms with van der Waals surface area (Å²) in [6.07, 6.45) is 8.59. The Morgan fingerprint density at radius 2 is 2.19 bits per heavy atom. The highest BCUT2D eigenvalue weighted by Gasteiger charge is 2.44. The summed E-state index contributed by atoms with van der Waals surface area (Å²) < 4.78 is 0. The average molecular weight is 436 g/mol. The van der Waals surface area contributed by atoms with E-state index in [-0.39, 0.29) is 29.7 Å². The molecule has 2 aliphatic heterocycles. The number of amides is 2. The third-order valence-corrected chi connectivity index (χ3v) is 7.53. The predicted molar refractivity (Wildman–Crippen MR) is 122 cm³/mol. The van der Waals surface area contributed by atoms with Gasteiger partial charge in [-0.3, -0.25) is 19.5 Å². The third kappa shape index (κ3) is 4.71. The van der Waals surface area contributed by atoms with Crippen molar-refractivity contribution in [3.05, 3.63) is 35.7 Å². The highest BCUT2D eigenvalue weighted by atomic mass is 16.2. The van der Waals surface area contributed by atoms with Gasteiger partial charge in [-0.05, 0) is 61.1 Å². The van der Waals surface area contributed by atoms with Crippen LogP contribution in [0.3, 0.4) is 0 Å². The molecular weight excluding hydrogens is 402 g/mol. The van der Waals surface area contributed by atoms with E-state index in [2.05, 4.69) is 39.6 Å². The van der Waals surface area contributed by atoms with E-state index >= 15 is 0 Å². The number of aromatic nitrogens is 1. The van der Waals surface area contributed by atoms with E-state index in [1.165, 1.54) is 5.57 Å². The van der Waals surface area contributed by atoms with Crippen molar-refractivity contribution < 1.29 is 9.59 Å². The van der Waals surface area contributed by atoms with Crippen LogP contribution in [0.1, 0.15) is 55.1 Å². The second kappa shape index (κ2) is 9.83. The minimum atomic E-state index is -0.176. The van der Waals surface area contributed by atoms with Gasteiger partial charge in [-0.15, -0.1) is 0 Å². The van der Waals surface area contributed by atoms with Gasteiger partial charge in [0.15, 0.2) is 0 Å². The molecule has 7 heteroatoms. The van der Waals surface area contributed by atoms with Gasteiger partial charge in [-0.1, -0.05) is 19.1 Å². The van der Waals surface area contributed by atoms with Crippen LogP contribution in [0.15, 0.2) is 24.4 Å². The maximum absolute atomic E-state index is 12.4. The smallest absolute Gasteiger partial charge is 0.269 e. The van der Waals surface area contributed by atoms with E-state index in [0.717, 1.165) is 57.3 Å². The second-order valence-electron chi connectivity index (χ2n) is 9.44. The molecule has 2 amide bonds. The maximum Gasteiger partial charge on any atom is 0.269 e. The molecule has 3 heterocycles. The lowest BCUT2D eigenvalue weighted by Crippen LogP contribution is -2.55. The van der Waals surface area contributed by atoms with Gasteiger partial charge in [0.05, 0.1) is 12.0 Å². The SMILES string of the molecule is CCC1CC2C(C#N)CC(CN3CC=C(c4ccc(C(=O)NC)nc4)CC3)CC2NC1=O. The topological polar surface area (TPSA) is 98.1 Å². The fourth-order valence-corrected chi connectivity index (χ4v) is 5.68. The molecule has 0 bridgehead atoms. The van der Waals surface area contributed by atoms with Crippen molar-refractivity contribution in [3.63, 3.8) is 0 Å². The molecule has 1 saturated heterocycles. The van der Waals surface area contributed by atoms with Crippen LogP contribution in [0, 0.1) is 35.0 Å². The molecule has 2 fully saturated rings. The second-order valence-corrected chi connectivity index (χ2v) is 9.44. The number of carbonyl (C=O) groups excluding carboxylic acids is 2. The first kappa shape index (κ1) is 22.5. The summed E-state index contributed by atoms with van der Waals surface area (Å²) in [5, 5.41) is 15.6. The van der Waals surface area contributed by atoms with Crippen molar-refractivity contribution in [2.75, 3.05) is 26.7 Å². The van der Waals surface area contributed by atoms with Crippen LogP contribution in [0.25, 0.3) is 5.57 Å². The minimum Gasteiger partial charge on any atom is -0.354 e. The third-order valence-electron chi connectivity index (χ3n) is 7.53. The van der Waals surface area contributed by atoms with Gasteiger partial charge in [-0.25, -0.2) is 0 Å². The average Bonchev–Trinajstić information content (AvgIpc) is 2.83. The highest BCUT2D eigenvalue weighted by molar-refractivity contribution is 5.92. The predicted octanol–water partition coefficient (Wildman–Crippen LogP) is 2.61. The summed E-state index contributed by atoms with van der Waals surface area (Å²) in [6.45, 7) is 4.86. The van der Waals surface area contributed by atoms with Crippen molar-refractivity contribution in [2.45, 2.75) is 45.1 Å². The van der Waals surface area contributed by atoms with E-state index < -0.39 is 0 Å². The molecule has 1 aromatic heterocycles. The van der Waals surface area contributed by atoms with Gasteiger partial charge in [0.25, 0.3) is 5.91 Å². The number of piperidine rings is 1. The molecule has 1 aromatic rings. The lowest BCUT2D eigenvalue weighted by atomic mass is 9.66. The quantitative estimate of drug-likeness (QED) is 0.741. The van der Waals surface area contributed by atoms with E-state index in [9.17, 15) is 14.9 Å². The van der Waals surface area contributed by atoms with Gasteiger partial charge in [0, 0.05) is 44.8 Å². The molecule has 5 unspecified atom stereocenters. The first-order chi connectivity index (χ1) is 15.5. The Morgan fingerprint density at radius 3 is 2.81 bits per heavy atom. The van der Waals surface area contributed by atoms with E-state index in [0.29, 0.717) is 17.5 Å². The van der Waals surface area contributed by atoms with Gasteiger partial charge in [0.1, 0.15) is 5.69 Å². The Bertz CT molecular complexity index is 919. The number of nitriles is 1. The van der Waals surface area contributed by atoms with E-state index in [4.69, 9.17) is 0 Å². The molecule has 1 saturated carbocycles. The Morgan fingerprint density at radius 1 is 1.34 bits per heavy atom. The van der Waals surface area contributed by atoms with Crippen LogP contribution in [-0.4, -0.2) is 54.4 Å². The van der Waals surface area contributed by atoms with Crippen LogP contribution < -0.4 is 10.6 Å². The number of fused-ring (bicyclic) bond motifs is 1. The molecule has 0 aromatic carbocycles. The lowest BCUT2D eigenvalue weighted by molar-refractivity contribution is -0.131. The van der Waals surface area contributed by atoms with Crippen LogP contribution in [-0.2, 0) is 4.79 Å². The first-order valence-corrected chi connectivity index (χ1v) is 11.8. The Balaban J connectivity index is 1.35. The Hall–Kier alpha value is -2.72. The van der Waals surface area contributed by atoms with Gasteiger partial charge >= 0.3 is 0 Å². The summed E-state index contributed by atoms with van der Waals surface area (Å²) in [7, 11) is 1.60. The van der Waals surface area contributed by atoms with Crippen molar-refractivity contribution in [2.24, 2.45) is 23.7 Å². The summed E-state index contributed by atoms with van der Waals surface area (Å²) in [5.41, 5.74) is 2.76. The van der Waals surface area contributed by atoms with Gasteiger partial charge in [0.2, 0.25) is 5.91 Å². The highest BCUT2D eigenvalue weighted by Crippen LogP contribution is 2.41. The van der Waals surface area contributed by atoms with Crippen LogP contribution >= 0.6 is 0 Å². The zero-order chi connectivity index (χ0) is 22.7. The number of nitrogens with one attached hydrogen (secondary N) is 2. The standard InChI is InChI=1S/C25H33N5O2/c1-3-17-12-21-20(13-26)10-16(11-23(21)29-24(17)31)15-30-8-6-18(7-9-30)19-4-5-22(28-14-19)25(32)27-2/h4-6,14,16-17,20-21,23H,3,7-12,15H2,1-2H3,(H,27,32)(H,29,31). The largest absolute Gasteiger partial charge is 0.354 e. The lowest BCUT2D eigenvalue weighted by Gasteiger charge is -2.45. The zero-order valence-electron chi connectivity index (χ0n) is 19.0. The molecule has 3 aliphatic rings. The number of hydrogen-bond donors (Lipinski definition) is 2. The fourth-order valence-electron chi connectivity index (χ4n) is 5.68. The van der Waals surface area contributed by atoms with Gasteiger partial charge in [-0.2, -0.15) is 5.26 Å². The van der Waals surface area contributed by atoms with Crippen molar-refractivity contribution in [1.82, 2.24) is 20.5 Å². The normalized spacial score (nSPS) is 30.5. The van der Waals surface area contributed by atoms with E-state index in [1.54, 1.807) is 19.3 Å². The molecule has 0 spiro atoms. The zero-order valence-corrected chi connectivity index (χ0v) is 19.0. The van der Waals surface area contributed by atoms with Crippen molar-refractivity contribution >= 4 is 17.4 Å². The number of carbonyl (C=O) groups is 2. The number of hydrogen-bond acceptors (Lipinski definition) is 5. The van der Waals surface area contributed by atoms with E-state index in [1.807, 2.05) is 6.07 Å². The minimum absolute atomic E-state index is 0.0363. The van der Waals surface area contributed by atoms with Crippen molar-refractivity contribution in [3.8, 4) is 6.07 Å². The van der Waals surface area contributed by atoms with Crippen LogP contribution in [0.5, 0.6) is 0 Å². The molecular formula is C25H33N5O2. The number of rotatable bonds is 5. The monoisotopic (exact) mass is 435 g/mol. The van der Waals surface area contributed by atoms with Crippen LogP contribution in [0.2, 0.25) is 0 Å². The molecule has 170 valence electrons. The van der Waals surface area contributed by atoms with Crippen molar-refractivity contribution in [1.29, 1.82) is 5.26 Å². The van der Waals surface area contributed by atoms with Gasteiger partial charge < -0.3 is 10.6 Å². The summed E-state index contributed by atoms with van der Waals surface area (Å²) >= 11 is 0. The molecule has 1 aliphatic carbocycles. The molecule has 7 nitrogen and oxygen atoms in total. The Labute approximate surface area is 190 Å². The molecule has 0 radical (unpaired) electrons. The maximum atomic E-state index is 12.4. The summed E-state index contributed by atoms with van der Waals surface area (Å²) in [4.78, 5) is 30.8. The molecule has 5 atom stereocenters. The molecule has 4 rings (SSSR count).